The number of rotatable bonds is 5. The van der Waals surface area contributed by atoms with Crippen LogP contribution < -0.4 is 0 Å². The maximum atomic E-state index is 11.7. The summed E-state index contributed by atoms with van der Waals surface area (Å²) in [6.45, 7) is 7.23. The Hall–Kier alpha value is -1.68. The molecule has 3 fully saturated rings. The fourth-order valence-electron chi connectivity index (χ4n) is 6.56. The highest BCUT2D eigenvalue weighted by molar-refractivity contribution is 5.25. The highest BCUT2D eigenvalue weighted by atomic mass is 16.7. The molecule has 2 aromatic carbocycles. The van der Waals surface area contributed by atoms with E-state index >= 15 is 0 Å². The number of aliphatic hydroxyl groups is 1. The number of ether oxygens (including phenoxy) is 2. The molecular weight excluding hydrogens is 360 g/mol. The van der Waals surface area contributed by atoms with Crippen LogP contribution in [0.25, 0.3) is 0 Å². The SMILES string of the molecule is CC1(C)C2CCC1(C)C1OC(OC(O)(Cc3ccccc3)c3ccccc3)CC21. The topological polar surface area (TPSA) is 38.7 Å². The highest BCUT2D eigenvalue weighted by Gasteiger charge is 2.69. The average Bonchev–Trinajstić information content (AvgIpc) is 3.27. The van der Waals surface area contributed by atoms with Gasteiger partial charge in [-0.1, -0.05) is 81.4 Å². The lowest BCUT2D eigenvalue weighted by molar-refractivity contribution is -0.300. The number of hydrogen-bond acceptors (Lipinski definition) is 3. The largest absolute Gasteiger partial charge is 0.361 e. The Balaban J connectivity index is 1.40. The van der Waals surface area contributed by atoms with Gasteiger partial charge in [0.2, 0.25) is 0 Å². The van der Waals surface area contributed by atoms with Gasteiger partial charge in [-0.2, -0.15) is 0 Å². The summed E-state index contributed by atoms with van der Waals surface area (Å²) in [5, 5.41) is 11.7. The van der Waals surface area contributed by atoms with Gasteiger partial charge >= 0.3 is 0 Å². The van der Waals surface area contributed by atoms with Crippen molar-refractivity contribution in [1.29, 1.82) is 0 Å². The lowest BCUT2D eigenvalue weighted by atomic mass is 9.70. The molecule has 2 saturated carbocycles. The van der Waals surface area contributed by atoms with E-state index in [2.05, 4.69) is 20.8 Å². The molecule has 2 aliphatic carbocycles. The van der Waals surface area contributed by atoms with Crippen LogP contribution in [-0.4, -0.2) is 17.5 Å². The first-order chi connectivity index (χ1) is 13.8. The molecule has 29 heavy (non-hydrogen) atoms. The van der Waals surface area contributed by atoms with Crippen LogP contribution >= 0.6 is 0 Å². The molecule has 3 aliphatic rings. The van der Waals surface area contributed by atoms with E-state index in [0.717, 1.165) is 17.5 Å². The van der Waals surface area contributed by atoms with Gasteiger partial charge in [-0.15, -0.1) is 0 Å². The third-order valence-corrected chi connectivity index (χ3v) is 8.51. The first-order valence-corrected chi connectivity index (χ1v) is 11.0. The monoisotopic (exact) mass is 392 g/mol. The van der Waals surface area contributed by atoms with Crippen molar-refractivity contribution in [2.24, 2.45) is 22.7 Å². The van der Waals surface area contributed by atoms with E-state index in [4.69, 9.17) is 9.47 Å². The van der Waals surface area contributed by atoms with Crippen LogP contribution in [0, 0.1) is 22.7 Å². The van der Waals surface area contributed by atoms with Crippen LogP contribution in [0.2, 0.25) is 0 Å². The minimum Gasteiger partial charge on any atom is -0.361 e. The van der Waals surface area contributed by atoms with Crippen molar-refractivity contribution >= 4 is 0 Å². The van der Waals surface area contributed by atoms with Crippen molar-refractivity contribution < 1.29 is 14.6 Å². The fraction of sp³-hybridized carbons (Fsp3) is 0.538. The quantitative estimate of drug-likeness (QED) is 0.704. The van der Waals surface area contributed by atoms with Gasteiger partial charge < -0.3 is 14.6 Å². The lowest BCUT2D eigenvalue weighted by Crippen LogP contribution is -2.40. The summed E-state index contributed by atoms with van der Waals surface area (Å²) < 4.78 is 12.9. The van der Waals surface area contributed by atoms with Gasteiger partial charge in [0.05, 0.1) is 6.10 Å². The minimum atomic E-state index is -1.40. The molecule has 2 bridgehead atoms. The lowest BCUT2D eigenvalue weighted by Gasteiger charge is -2.39. The van der Waals surface area contributed by atoms with Crippen LogP contribution in [-0.2, 0) is 21.7 Å². The predicted octanol–water partition coefficient (Wildman–Crippen LogP) is 5.28. The zero-order chi connectivity index (χ0) is 20.3. The van der Waals surface area contributed by atoms with Crippen molar-refractivity contribution in [3.8, 4) is 0 Å². The molecule has 6 unspecified atom stereocenters. The summed E-state index contributed by atoms with van der Waals surface area (Å²) in [6.07, 6.45) is 3.66. The summed E-state index contributed by atoms with van der Waals surface area (Å²) >= 11 is 0. The first-order valence-electron chi connectivity index (χ1n) is 11.0. The first kappa shape index (κ1) is 19.3. The maximum Gasteiger partial charge on any atom is 0.199 e. The van der Waals surface area contributed by atoms with Crippen molar-refractivity contribution in [2.75, 3.05) is 0 Å². The second-order valence-corrected chi connectivity index (χ2v) is 10.1. The second kappa shape index (κ2) is 6.66. The predicted molar refractivity (Wildman–Crippen MR) is 113 cm³/mol. The normalized spacial score (nSPS) is 36.7. The molecule has 1 aliphatic heterocycles. The summed E-state index contributed by atoms with van der Waals surface area (Å²) in [4.78, 5) is 0. The Morgan fingerprint density at radius 1 is 1.03 bits per heavy atom. The summed E-state index contributed by atoms with van der Waals surface area (Å²) in [5.74, 6) is -0.183. The molecule has 2 aromatic rings. The molecule has 0 aromatic heterocycles. The van der Waals surface area contributed by atoms with Gasteiger partial charge in [-0.05, 0) is 41.1 Å². The molecule has 1 N–H and O–H groups in total. The molecule has 0 amide bonds. The molecule has 1 saturated heterocycles. The number of benzene rings is 2. The van der Waals surface area contributed by atoms with E-state index < -0.39 is 5.79 Å². The van der Waals surface area contributed by atoms with E-state index in [1.807, 2.05) is 60.7 Å². The zero-order valence-electron chi connectivity index (χ0n) is 17.7. The molecule has 154 valence electrons. The van der Waals surface area contributed by atoms with Gasteiger partial charge in [0.25, 0.3) is 0 Å². The van der Waals surface area contributed by atoms with Crippen LogP contribution in [0.15, 0.2) is 60.7 Å². The highest BCUT2D eigenvalue weighted by Crippen LogP contribution is 2.71. The average molecular weight is 393 g/mol. The Bertz CT molecular complexity index is 864. The summed E-state index contributed by atoms with van der Waals surface area (Å²) in [6, 6.07) is 19.8. The zero-order valence-corrected chi connectivity index (χ0v) is 17.7. The van der Waals surface area contributed by atoms with Gasteiger partial charge in [-0.3, -0.25) is 0 Å². The molecule has 5 rings (SSSR count). The molecule has 3 heteroatoms. The minimum absolute atomic E-state index is 0.199. The Labute approximate surface area is 174 Å². The van der Waals surface area contributed by atoms with Gasteiger partial charge in [0.15, 0.2) is 12.1 Å². The van der Waals surface area contributed by atoms with Gasteiger partial charge in [0, 0.05) is 18.4 Å². The third kappa shape index (κ3) is 2.90. The molecule has 3 nitrogen and oxygen atoms in total. The molecule has 0 radical (unpaired) electrons. The van der Waals surface area contributed by atoms with E-state index in [9.17, 15) is 5.11 Å². The van der Waals surface area contributed by atoms with E-state index in [1.54, 1.807) is 0 Å². The Morgan fingerprint density at radius 2 is 1.69 bits per heavy atom. The number of fused-ring (bicyclic) bond motifs is 5. The van der Waals surface area contributed by atoms with Crippen molar-refractivity contribution in [1.82, 2.24) is 0 Å². The molecule has 0 spiro atoms. The van der Waals surface area contributed by atoms with E-state index in [-0.39, 0.29) is 17.8 Å². The smallest absolute Gasteiger partial charge is 0.199 e. The summed E-state index contributed by atoms with van der Waals surface area (Å²) in [5.41, 5.74) is 2.34. The standard InChI is InChI=1S/C26H32O3/c1-24(2)21-14-15-25(24,3)23-20(21)16-22(28-23)29-26(27,19-12-8-5-9-13-19)17-18-10-6-4-7-11-18/h4-13,20-23,27H,14-17H2,1-3H3. The third-order valence-electron chi connectivity index (χ3n) is 8.51. The van der Waals surface area contributed by atoms with Crippen LogP contribution in [0.1, 0.15) is 51.2 Å². The molecule has 6 atom stereocenters. The molecular formula is C26H32O3. The van der Waals surface area contributed by atoms with Crippen molar-refractivity contribution in [2.45, 2.75) is 64.6 Å². The van der Waals surface area contributed by atoms with Crippen molar-refractivity contribution in [3.05, 3.63) is 71.8 Å². The van der Waals surface area contributed by atoms with Gasteiger partial charge in [0.1, 0.15) is 0 Å². The van der Waals surface area contributed by atoms with E-state index in [0.29, 0.717) is 23.7 Å². The molecule has 1 heterocycles. The number of hydrogen-bond donors (Lipinski definition) is 1. The van der Waals surface area contributed by atoms with Crippen LogP contribution in [0.3, 0.4) is 0 Å². The maximum absolute atomic E-state index is 11.7. The van der Waals surface area contributed by atoms with E-state index in [1.165, 1.54) is 12.8 Å². The fourth-order valence-corrected chi connectivity index (χ4v) is 6.56. The van der Waals surface area contributed by atoms with Crippen molar-refractivity contribution in [3.63, 3.8) is 0 Å². The van der Waals surface area contributed by atoms with Gasteiger partial charge in [-0.25, -0.2) is 0 Å². The summed E-state index contributed by atoms with van der Waals surface area (Å²) in [7, 11) is 0. The Kier molecular flexibility index (Phi) is 4.43. The van der Waals surface area contributed by atoms with Crippen LogP contribution in [0.5, 0.6) is 0 Å². The Morgan fingerprint density at radius 3 is 2.34 bits per heavy atom. The second-order valence-electron chi connectivity index (χ2n) is 10.1. The van der Waals surface area contributed by atoms with Crippen LogP contribution in [0.4, 0.5) is 0 Å².